The van der Waals surface area contributed by atoms with Gasteiger partial charge in [-0.15, -0.1) is 0 Å². The molecule has 0 saturated carbocycles. The van der Waals surface area contributed by atoms with Gasteiger partial charge in [0.25, 0.3) is 0 Å². The molecule has 0 amide bonds. The monoisotopic (exact) mass is 291 g/mol. The van der Waals surface area contributed by atoms with Crippen LogP contribution in [0.3, 0.4) is 0 Å². The average Bonchev–Trinajstić information content (AvgIpc) is 2.46. The van der Waals surface area contributed by atoms with Gasteiger partial charge in [-0.3, -0.25) is 4.48 Å². The van der Waals surface area contributed by atoms with E-state index in [0.29, 0.717) is 13.2 Å². The van der Waals surface area contributed by atoms with Crippen molar-refractivity contribution in [3.05, 3.63) is 48.0 Å². The van der Waals surface area contributed by atoms with Crippen LogP contribution < -0.4 is 5.11 Å². The molecule has 1 aromatic rings. The van der Waals surface area contributed by atoms with E-state index in [1.165, 1.54) is 13.3 Å². The zero-order chi connectivity index (χ0) is 15.3. The third-order valence-electron chi connectivity index (χ3n) is 3.88. The summed E-state index contributed by atoms with van der Waals surface area (Å²) >= 11 is 0. The highest BCUT2D eigenvalue weighted by Gasteiger charge is 2.50. The Hall–Kier alpha value is -2.01. The molecule has 2 unspecified atom stereocenters. The van der Waals surface area contributed by atoms with Gasteiger partial charge in [-0.25, -0.2) is 4.79 Å². The minimum absolute atomic E-state index is 0.273. The summed E-state index contributed by atoms with van der Waals surface area (Å²) in [5.74, 6) is -0.667. The van der Waals surface area contributed by atoms with E-state index in [-0.39, 0.29) is 22.4 Å². The van der Waals surface area contributed by atoms with Crippen LogP contribution in [-0.2, 0) is 20.8 Å². The van der Waals surface area contributed by atoms with E-state index in [9.17, 15) is 9.90 Å². The second-order valence-corrected chi connectivity index (χ2v) is 5.18. The van der Waals surface area contributed by atoms with Crippen LogP contribution in [0.2, 0.25) is 0 Å². The van der Waals surface area contributed by atoms with E-state index in [2.05, 4.69) is 0 Å². The van der Waals surface area contributed by atoms with E-state index >= 15 is 0 Å². The van der Waals surface area contributed by atoms with Gasteiger partial charge in [0.15, 0.2) is 6.04 Å². The molecule has 0 aromatic heterocycles. The Morgan fingerprint density at radius 1 is 1.43 bits per heavy atom. The van der Waals surface area contributed by atoms with Crippen molar-refractivity contribution < 1.29 is 23.9 Å². The highest BCUT2D eigenvalue weighted by Crippen LogP contribution is 2.33. The number of benzene rings is 1. The molecule has 114 valence electrons. The van der Waals surface area contributed by atoms with E-state index in [1.54, 1.807) is 6.92 Å². The predicted molar refractivity (Wildman–Crippen MR) is 75.4 cm³/mol. The fourth-order valence-corrected chi connectivity index (χ4v) is 2.76. The first-order chi connectivity index (χ1) is 10.1. The van der Waals surface area contributed by atoms with Gasteiger partial charge in [0.05, 0.1) is 20.1 Å². The van der Waals surface area contributed by atoms with Crippen LogP contribution in [0.5, 0.6) is 0 Å². The summed E-state index contributed by atoms with van der Waals surface area (Å²) in [5.41, 5.74) is 1.08. The number of nitrogens with zero attached hydrogens (tertiary/aromatic N) is 1. The summed E-state index contributed by atoms with van der Waals surface area (Å²) in [6.07, 6.45) is 2.23. The van der Waals surface area contributed by atoms with Gasteiger partial charge < -0.3 is 14.6 Å². The van der Waals surface area contributed by atoms with Crippen molar-refractivity contribution in [1.82, 2.24) is 0 Å². The molecule has 0 spiro atoms. The number of carbonyl (C=O) groups excluding carboxylic acids is 1. The Kier molecular flexibility index (Phi) is 4.85. The van der Waals surface area contributed by atoms with Crippen LogP contribution in [0.15, 0.2) is 42.5 Å². The third-order valence-corrected chi connectivity index (χ3v) is 3.88. The van der Waals surface area contributed by atoms with Gasteiger partial charge in [-0.2, -0.15) is 0 Å². The van der Waals surface area contributed by atoms with E-state index in [0.717, 1.165) is 18.5 Å². The zero-order valence-electron chi connectivity index (χ0n) is 12.5. The number of hydrogen-bond acceptors (Lipinski definition) is 4. The van der Waals surface area contributed by atoms with E-state index in [1.807, 2.05) is 30.3 Å². The van der Waals surface area contributed by atoms with Crippen LogP contribution in [0.1, 0.15) is 18.9 Å². The molecule has 0 radical (unpaired) electrons. The van der Waals surface area contributed by atoms with Gasteiger partial charge >= 0.3 is 5.97 Å². The molecule has 5 nitrogen and oxygen atoms in total. The summed E-state index contributed by atoms with van der Waals surface area (Å²) in [7, 11) is 1.38. The SMILES string of the molecule is CCO/C([O-])=C\[N+]1(Cc2ccccc2)CCC1C(=O)OC. The van der Waals surface area contributed by atoms with Crippen molar-refractivity contribution in [2.75, 3.05) is 20.3 Å². The van der Waals surface area contributed by atoms with Crippen molar-refractivity contribution in [1.29, 1.82) is 0 Å². The lowest BCUT2D eigenvalue weighted by molar-refractivity contribution is -0.950. The Morgan fingerprint density at radius 3 is 2.67 bits per heavy atom. The molecule has 5 heteroatoms. The summed E-state index contributed by atoms with van der Waals surface area (Å²) in [6.45, 7) is 3.40. The van der Waals surface area contributed by atoms with Crippen molar-refractivity contribution in [3.63, 3.8) is 0 Å². The molecule has 0 aliphatic carbocycles. The summed E-state index contributed by atoms with van der Waals surface area (Å²) in [6, 6.07) is 9.49. The zero-order valence-corrected chi connectivity index (χ0v) is 12.5. The number of carbonyl (C=O) groups is 1. The van der Waals surface area contributed by atoms with Crippen LogP contribution in [-0.4, -0.2) is 36.8 Å². The van der Waals surface area contributed by atoms with Crippen molar-refractivity contribution in [2.24, 2.45) is 0 Å². The average molecular weight is 291 g/mol. The maximum Gasteiger partial charge on any atom is 0.365 e. The quantitative estimate of drug-likeness (QED) is 0.448. The molecule has 1 aliphatic rings. The van der Waals surface area contributed by atoms with Crippen LogP contribution in [0.4, 0.5) is 0 Å². The summed E-state index contributed by atoms with van der Waals surface area (Å²) < 4.78 is 10.1. The molecule has 21 heavy (non-hydrogen) atoms. The smallest absolute Gasteiger partial charge is 0.365 e. The Labute approximate surface area is 125 Å². The van der Waals surface area contributed by atoms with Gasteiger partial charge in [0.2, 0.25) is 0 Å². The fourth-order valence-electron chi connectivity index (χ4n) is 2.76. The van der Waals surface area contributed by atoms with E-state index < -0.39 is 0 Å². The Morgan fingerprint density at radius 2 is 2.14 bits per heavy atom. The largest absolute Gasteiger partial charge is 0.610 e. The van der Waals surface area contributed by atoms with Gasteiger partial charge in [-0.1, -0.05) is 37.3 Å². The molecule has 0 bridgehead atoms. The number of methoxy groups -OCH3 is 1. The first-order valence-corrected chi connectivity index (χ1v) is 7.12. The minimum atomic E-state index is -0.387. The van der Waals surface area contributed by atoms with Gasteiger partial charge in [0.1, 0.15) is 18.7 Å². The molecule has 1 heterocycles. The lowest BCUT2D eigenvalue weighted by Gasteiger charge is -2.48. The molecule has 1 saturated heterocycles. The first kappa shape index (κ1) is 15.4. The lowest BCUT2D eigenvalue weighted by Crippen LogP contribution is -2.64. The maximum atomic E-state index is 11.9. The highest BCUT2D eigenvalue weighted by molar-refractivity contribution is 5.75. The first-order valence-electron chi connectivity index (χ1n) is 7.12. The summed E-state index contributed by atoms with van der Waals surface area (Å²) in [5, 5.41) is 11.9. The Balaban J connectivity index is 2.26. The number of ether oxygens (including phenoxy) is 2. The standard InChI is InChI=1S/C16H21NO4/c1-3-21-15(18)12-17(10-9-14(17)16(19)20-2)11-13-7-5-4-6-8-13/h4-8,12,14H,3,9-11H2,1-2H3/b15-12-. The second kappa shape index (κ2) is 6.63. The van der Waals surface area contributed by atoms with Crippen LogP contribution >= 0.6 is 0 Å². The summed E-state index contributed by atoms with van der Waals surface area (Å²) in [4.78, 5) is 11.9. The number of hydrogen-bond donors (Lipinski definition) is 0. The number of likely N-dealkylation sites (tertiary alicyclic amines) is 1. The minimum Gasteiger partial charge on any atom is -0.610 e. The van der Waals surface area contributed by atoms with Crippen molar-refractivity contribution in [3.8, 4) is 0 Å². The van der Waals surface area contributed by atoms with Crippen LogP contribution in [0, 0.1) is 0 Å². The lowest BCUT2D eigenvalue weighted by atomic mass is 9.96. The van der Waals surface area contributed by atoms with Crippen molar-refractivity contribution >= 4 is 5.97 Å². The number of rotatable bonds is 6. The van der Waals surface area contributed by atoms with Gasteiger partial charge in [0, 0.05) is 5.56 Å². The number of quaternary nitrogens is 1. The second-order valence-electron chi connectivity index (χ2n) is 5.18. The molecule has 2 atom stereocenters. The molecular formula is C16H21NO4. The number of esters is 1. The molecule has 0 N–H and O–H groups in total. The normalized spacial score (nSPS) is 25.0. The molecule has 2 rings (SSSR count). The molecule has 1 fully saturated rings. The van der Waals surface area contributed by atoms with Gasteiger partial charge in [-0.05, 0) is 6.61 Å². The van der Waals surface area contributed by atoms with E-state index in [4.69, 9.17) is 9.47 Å². The highest BCUT2D eigenvalue weighted by atomic mass is 16.6. The predicted octanol–water partition coefficient (Wildman–Crippen LogP) is 1.14. The maximum absolute atomic E-state index is 11.9. The fraction of sp³-hybridized carbons (Fsp3) is 0.438. The molecule has 1 aromatic carbocycles. The molecule has 1 aliphatic heterocycles. The Bertz CT molecular complexity index is 514. The topological polar surface area (TPSA) is 58.6 Å². The molecular weight excluding hydrogens is 270 g/mol. The third kappa shape index (κ3) is 3.36. The van der Waals surface area contributed by atoms with Crippen LogP contribution in [0.25, 0.3) is 0 Å². The van der Waals surface area contributed by atoms with Crippen molar-refractivity contribution in [2.45, 2.75) is 25.9 Å².